The average Bonchev–Trinajstić information content (AvgIpc) is 2.15. The van der Waals surface area contributed by atoms with E-state index in [0.717, 1.165) is 38.8 Å². The third-order valence-corrected chi connectivity index (χ3v) is 2.38. The van der Waals surface area contributed by atoms with Gasteiger partial charge < -0.3 is 9.69 Å². The smallest absolute Gasteiger partial charge is 0.124 e. The first kappa shape index (κ1) is 9.46. The molecule has 12 heavy (non-hydrogen) atoms. The Morgan fingerprint density at radius 1 is 1.58 bits per heavy atom. The van der Waals surface area contributed by atoms with Crippen molar-refractivity contribution in [1.82, 2.24) is 4.90 Å². The van der Waals surface area contributed by atoms with Crippen molar-refractivity contribution in [2.75, 3.05) is 19.6 Å². The Morgan fingerprint density at radius 3 is 3.08 bits per heavy atom. The molecular formula is C10H17NO. The van der Waals surface area contributed by atoms with Gasteiger partial charge in [0.25, 0.3) is 0 Å². The zero-order chi connectivity index (χ0) is 8.81. The highest BCUT2D eigenvalue weighted by Crippen LogP contribution is 2.14. The molecule has 1 saturated heterocycles. The predicted molar refractivity (Wildman–Crippen MR) is 50.0 cm³/mol. The highest BCUT2D eigenvalue weighted by atomic mass is 16.1. The minimum Gasteiger partial charge on any atom is -0.303 e. The van der Waals surface area contributed by atoms with E-state index in [1.54, 1.807) is 0 Å². The van der Waals surface area contributed by atoms with Crippen molar-refractivity contribution in [3.8, 4) is 0 Å². The van der Waals surface area contributed by atoms with Crippen molar-refractivity contribution in [2.24, 2.45) is 5.92 Å². The summed E-state index contributed by atoms with van der Waals surface area (Å²) in [5, 5.41) is 0. The zero-order valence-electron chi connectivity index (χ0n) is 7.54. The summed E-state index contributed by atoms with van der Waals surface area (Å²) in [6.07, 6.45) is 6.31. The number of aldehydes is 1. The van der Waals surface area contributed by atoms with Gasteiger partial charge in [0.05, 0.1) is 0 Å². The van der Waals surface area contributed by atoms with E-state index in [0.29, 0.717) is 0 Å². The highest BCUT2D eigenvalue weighted by Gasteiger charge is 2.17. The molecule has 68 valence electrons. The van der Waals surface area contributed by atoms with Crippen LogP contribution in [-0.2, 0) is 4.79 Å². The van der Waals surface area contributed by atoms with Crippen LogP contribution in [0.25, 0.3) is 0 Å². The molecule has 0 aromatic heterocycles. The summed E-state index contributed by atoms with van der Waals surface area (Å²) in [6.45, 7) is 6.86. The molecule has 0 bridgehead atoms. The molecule has 0 saturated carbocycles. The topological polar surface area (TPSA) is 20.3 Å². The lowest BCUT2D eigenvalue weighted by Crippen LogP contribution is -2.36. The number of likely N-dealkylation sites (tertiary alicyclic amines) is 1. The van der Waals surface area contributed by atoms with Gasteiger partial charge >= 0.3 is 0 Å². The van der Waals surface area contributed by atoms with Gasteiger partial charge in [-0.15, -0.1) is 6.58 Å². The maximum absolute atomic E-state index is 10.5. The Morgan fingerprint density at radius 2 is 2.42 bits per heavy atom. The van der Waals surface area contributed by atoms with Gasteiger partial charge in [-0.1, -0.05) is 6.08 Å². The summed E-state index contributed by atoms with van der Waals surface area (Å²) < 4.78 is 0. The minimum atomic E-state index is 0.281. The van der Waals surface area contributed by atoms with Gasteiger partial charge in [-0.2, -0.15) is 0 Å². The molecular weight excluding hydrogens is 150 g/mol. The molecule has 1 heterocycles. The SMILES string of the molecule is C=CCCN1CCCC(C=O)C1. The monoisotopic (exact) mass is 167 g/mol. The molecule has 0 N–H and O–H groups in total. The second-order valence-corrected chi connectivity index (χ2v) is 3.42. The Labute approximate surface area is 74.2 Å². The number of piperidine rings is 1. The van der Waals surface area contributed by atoms with E-state index < -0.39 is 0 Å². The molecule has 0 radical (unpaired) electrons. The van der Waals surface area contributed by atoms with Crippen LogP contribution in [0.3, 0.4) is 0 Å². The lowest BCUT2D eigenvalue weighted by atomic mass is 10.00. The third-order valence-electron chi connectivity index (χ3n) is 2.38. The summed E-state index contributed by atoms with van der Waals surface area (Å²) in [7, 11) is 0. The van der Waals surface area contributed by atoms with Crippen LogP contribution in [0.1, 0.15) is 19.3 Å². The normalized spacial score (nSPS) is 25.2. The number of carbonyl (C=O) groups excluding carboxylic acids is 1. The van der Waals surface area contributed by atoms with Gasteiger partial charge in [-0.05, 0) is 25.8 Å². The molecule has 0 amide bonds. The number of rotatable bonds is 4. The van der Waals surface area contributed by atoms with Crippen molar-refractivity contribution in [3.63, 3.8) is 0 Å². The Hall–Kier alpha value is -0.630. The van der Waals surface area contributed by atoms with Crippen molar-refractivity contribution in [3.05, 3.63) is 12.7 Å². The second kappa shape index (κ2) is 5.09. The second-order valence-electron chi connectivity index (χ2n) is 3.42. The molecule has 1 rings (SSSR count). The molecule has 1 aliphatic rings. The molecule has 0 aromatic rings. The molecule has 0 aromatic carbocycles. The number of hydrogen-bond acceptors (Lipinski definition) is 2. The Kier molecular flexibility index (Phi) is 4.01. The zero-order valence-corrected chi connectivity index (χ0v) is 7.54. The van der Waals surface area contributed by atoms with Crippen molar-refractivity contribution < 1.29 is 4.79 Å². The van der Waals surface area contributed by atoms with Gasteiger partial charge in [0.15, 0.2) is 0 Å². The summed E-state index contributed by atoms with van der Waals surface area (Å²) >= 11 is 0. The fourth-order valence-electron chi connectivity index (χ4n) is 1.68. The first-order valence-corrected chi connectivity index (χ1v) is 4.65. The van der Waals surface area contributed by atoms with E-state index in [1.165, 1.54) is 6.42 Å². The van der Waals surface area contributed by atoms with Crippen LogP contribution in [-0.4, -0.2) is 30.8 Å². The van der Waals surface area contributed by atoms with Crippen molar-refractivity contribution >= 4 is 6.29 Å². The van der Waals surface area contributed by atoms with Gasteiger partial charge in [-0.25, -0.2) is 0 Å². The van der Waals surface area contributed by atoms with Gasteiger partial charge in [0.1, 0.15) is 6.29 Å². The predicted octanol–water partition coefficient (Wildman–Crippen LogP) is 1.47. The molecule has 1 atom stereocenters. The molecule has 2 heteroatoms. The lowest BCUT2D eigenvalue weighted by Gasteiger charge is -2.29. The molecule has 1 aliphatic heterocycles. The van der Waals surface area contributed by atoms with Crippen LogP contribution >= 0.6 is 0 Å². The Bertz CT molecular complexity index is 156. The maximum Gasteiger partial charge on any atom is 0.124 e. The molecule has 0 spiro atoms. The van der Waals surface area contributed by atoms with Crippen LogP contribution < -0.4 is 0 Å². The van der Waals surface area contributed by atoms with E-state index in [4.69, 9.17) is 0 Å². The standard InChI is InChI=1S/C10H17NO/c1-2-3-6-11-7-4-5-10(8-11)9-12/h2,9-10H,1,3-8H2. The Balaban J connectivity index is 2.25. The van der Waals surface area contributed by atoms with E-state index >= 15 is 0 Å². The number of hydrogen-bond donors (Lipinski definition) is 0. The van der Waals surface area contributed by atoms with E-state index in [1.807, 2.05) is 6.08 Å². The van der Waals surface area contributed by atoms with Gasteiger partial charge in [0, 0.05) is 19.0 Å². The first-order chi connectivity index (χ1) is 5.86. The van der Waals surface area contributed by atoms with Crippen molar-refractivity contribution in [2.45, 2.75) is 19.3 Å². The van der Waals surface area contributed by atoms with Gasteiger partial charge in [-0.3, -0.25) is 0 Å². The molecule has 1 fully saturated rings. The number of carbonyl (C=O) groups is 1. The van der Waals surface area contributed by atoms with Crippen LogP contribution in [0.4, 0.5) is 0 Å². The van der Waals surface area contributed by atoms with Crippen LogP contribution in [0.5, 0.6) is 0 Å². The molecule has 1 unspecified atom stereocenters. The maximum atomic E-state index is 10.5. The van der Waals surface area contributed by atoms with Gasteiger partial charge in [0.2, 0.25) is 0 Å². The minimum absolute atomic E-state index is 0.281. The lowest BCUT2D eigenvalue weighted by molar-refractivity contribution is -0.112. The quantitative estimate of drug-likeness (QED) is 0.467. The summed E-state index contributed by atoms with van der Waals surface area (Å²) in [6, 6.07) is 0. The molecule has 2 nitrogen and oxygen atoms in total. The van der Waals surface area contributed by atoms with Crippen molar-refractivity contribution in [1.29, 1.82) is 0 Å². The largest absolute Gasteiger partial charge is 0.303 e. The van der Waals surface area contributed by atoms with E-state index in [2.05, 4.69) is 11.5 Å². The number of nitrogens with zero attached hydrogens (tertiary/aromatic N) is 1. The summed E-state index contributed by atoms with van der Waals surface area (Å²) in [5.41, 5.74) is 0. The summed E-state index contributed by atoms with van der Waals surface area (Å²) in [5.74, 6) is 0.281. The van der Waals surface area contributed by atoms with E-state index in [-0.39, 0.29) is 5.92 Å². The molecule has 0 aliphatic carbocycles. The van der Waals surface area contributed by atoms with Crippen LogP contribution in [0.2, 0.25) is 0 Å². The summed E-state index contributed by atoms with van der Waals surface area (Å²) in [4.78, 5) is 12.9. The fourth-order valence-corrected chi connectivity index (χ4v) is 1.68. The fraction of sp³-hybridized carbons (Fsp3) is 0.700. The first-order valence-electron chi connectivity index (χ1n) is 4.65. The highest BCUT2D eigenvalue weighted by molar-refractivity contribution is 5.53. The van der Waals surface area contributed by atoms with E-state index in [9.17, 15) is 4.79 Å². The van der Waals surface area contributed by atoms with Crippen LogP contribution in [0, 0.1) is 5.92 Å². The average molecular weight is 167 g/mol. The third kappa shape index (κ3) is 2.78. The van der Waals surface area contributed by atoms with Crippen LogP contribution in [0.15, 0.2) is 12.7 Å².